The van der Waals surface area contributed by atoms with Crippen LogP contribution in [0.3, 0.4) is 0 Å². The first-order valence-corrected chi connectivity index (χ1v) is 8.86. The molecule has 0 unspecified atom stereocenters. The SMILES string of the molecule is CS(=O)(=O)N1CCC[C@@H](C(=O)Nc2ccccc2C(F)(F)F)C1. The van der Waals surface area contributed by atoms with E-state index in [4.69, 9.17) is 0 Å². The molecule has 0 aliphatic carbocycles. The fraction of sp³-hybridized carbons (Fsp3) is 0.500. The Bertz CT molecular complexity index is 689. The molecule has 0 saturated carbocycles. The lowest BCUT2D eigenvalue weighted by atomic mass is 9.98. The highest BCUT2D eigenvalue weighted by molar-refractivity contribution is 7.88. The van der Waals surface area contributed by atoms with E-state index in [-0.39, 0.29) is 12.2 Å². The molecule has 128 valence electrons. The molecule has 9 heteroatoms. The van der Waals surface area contributed by atoms with E-state index in [1.54, 1.807) is 0 Å². The molecule has 1 fully saturated rings. The number of nitrogens with zero attached hydrogens (tertiary/aromatic N) is 1. The molecular weight excluding hydrogens is 333 g/mol. The summed E-state index contributed by atoms with van der Waals surface area (Å²) < 4.78 is 63.0. The first-order chi connectivity index (χ1) is 10.6. The van der Waals surface area contributed by atoms with E-state index >= 15 is 0 Å². The molecule has 1 heterocycles. The number of carbonyl (C=O) groups is 1. The summed E-state index contributed by atoms with van der Waals surface area (Å²) in [5.74, 6) is -1.27. The van der Waals surface area contributed by atoms with Gasteiger partial charge in [-0.3, -0.25) is 4.79 Å². The highest BCUT2D eigenvalue weighted by Gasteiger charge is 2.35. The van der Waals surface area contributed by atoms with E-state index in [2.05, 4.69) is 5.32 Å². The van der Waals surface area contributed by atoms with Gasteiger partial charge in [-0.25, -0.2) is 12.7 Å². The average molecular weight is 350 g/mol. The molecule has 1 saturated heterocycles. The van der Waals surface area contributed by atoms with E-state index in [0.717, 1.165) is 12.3 Å². The molecule has 1 amide bonds. The summed E-state index contributed by atoms with van der Waals surface area (Å²) in [7, 11) is -3.42. The van der Waals surface area contributed by atoms with E-state index in [1.165, 1.54) is 22.5 Å². The zero-order valence-electron chi connectivity index (χ0n) is 12.4. The number of hydrogen-bond acceptors (Lipinski definition) is 3. The lowest BCUT2D eigenvalue weighted by molar-refractivity contribution is -0.137. The van der Waals surface area contributed by atoms with Gasteiger partial charge in [0, 0.05) is 13.1 Å². The van der Waals surface area contributed by atoms with Gasteiger partial charge in [-0.05, 0) is 25.0 Å². The number of anilines is 1. The number of nitrogens with one attached hydrogen (secondary N) is 1. The molecule has 1 aliphatic rings. The lowest BCUT2D eigenvalue weighted by Gasteiger charge is -2.30. The predicted octanol–water partition coefficient (Wildman–Crippen LogP) is 2.32. The number of piperidine rings is 1. The number of para-hydroxylation sites is 1. The Kier molecular flexibility index (Phi) is 5.00. The van der Waals surface area contributed by atoms with Crippen LogP contribution in [-0.4, -0.2) is 38.0 Å². The second kappa shape index (κ2) is 6.48. The fourth-order valence-corrected chi connectivity index (χ4v) is 3.44. The molecule has 5 nitrogen and oxygen atoms in total. The third-order valence-corrected chi connectivity index (χ3v) is 4.98. The van der Waals surface area contributed by atoms with Crippen LogP contribution in [0.25, 0.3) is 0 Å². The van der Waals surface area contributed by atoms with E-state index in [1.807, 2.05) is 0 Å². The van der Waals surface area contributed by atoms with Crippen LogP contribution in [0, 0.1) is 5.92 Å². The van der Waals surface area contributed by atoms with Crippen LogP contribution in [0.4, 0.5) is 18.9 Å². The van der Waals surface area contributed by atoms with Crippen molar-refractivity contribution in [3.8, 4) is 0 Å². The Morgan fingerprint density at radius 1 is 1.30 bits per heavy atom. The molecule has 1 aromatic carbocycles. The lowest BCUT2D eigenvalue weighted by Crippen LogP contribution is -2.43. The molecule has 0 radical (unpaired) electrons. The highest BCUT2D eigenvalue weighted by atomic mass is 32.2. The second-order valence-corrected chi connectivity index (χ2v) is 7.48. The number of rotatable bonds is 3. The Balaban J connectivity index is 2.14. The number of alkyl halides is 3. The van der Waals surface area contributed by atoms with Crippen molar-refractivity contribution in [3.63, 3.8) is 0 Å². The summed E-state index contributed by atoms with van der Waals surface area (Å²) in [6.07, 6.45) is -2.60. The topological polar surface area (TPSA) is 66.5 Å². The van der Waals surface area contributed by atoms with Gasteiger partial charge < -0.3 is 5.32 Å². The number of halogens is 3. The summed E-state index contributed by atoms with van der Waals surface area (Å²) in [4.78, 5) is 12.2. The van der Waals surface area contributed by atoms with Gasteiger partial charge in [0.15, 0.2) is 0 Å². The van der Waals surface area contributed by atoms with Gasteiger partial charge in [0.2, 0.25) is 15.9 Å². The van der Waals surface area contributed by atoms with E-state index in [9.17, 15) is 26.4 Å². The van der Waals surface area contributed by atoms with Crippen LogP contribution in [0.2, 0.25) is 0 Å². The minimum Gasteiger partial charge on any atom is -0.325 e. The van der Waals surface area contributed by atoms with Crippen molar-refractivity contribution in [2.24, 2.45) is 5.92 Å². The maximum absolute atomic E-state index is 12.9. The van der Waals surface area contributed by atoms with E-state index < -0.39 is 33.6 Å². The monoisotopic (exact) mass is 350 g/mol. The van der Waals surface area contributed by atoms with Gasteiger partial charge in [0.25, 0.3) is 0 Å². The van der Waals surface area contributed by atoms with Crippen molar-refractivity contribution in [2.75, 3.05) is 24.7 Å². The predicted molar refractivity (Wildman–Crippen MR) is 79.2 cm³/mol. The summed E-state index contributed by atoms with van der Waals surface area (Å²) in [6, 6.07) is 4.70. The zero-order chi connectivity index (χ0) is 17.3. The molecular formula is C14H17F3N2O3S. The van der Waals surface area contributed by atoms with Crippen LogP contribution in [0.15, 0.2) is 24.3 Å². The van der Waals surface area contributed by atoms with Gasteiger partial charge in [0.1, 0.15) is 0 Å². The maximum Gasteiger partial charge on any atom is 0.418 e. The Morgan fingerprint density at radius 2 is 1.96 bits per heavy atom. The Labute approximate surface area is 132 Å². The molecule has 0 aromatic heterocycles. The first kappa shape index (κ1) is 17.7. The number of sulfonamides is 1. The van der Waals surface area contributed by atoms with Crippen LogP contribution in [-0.2, 0) is 21.0 Å². The molecule has 0 spiro atoms. The van der Waals surface area contributed by atoms with Crippen molar-refractivity contribution >= 4 is 21.6 Å². The van der Waals surface area contributed by atoms with Crippen LogP contribution < -0.4 is 5.32 Å². The van der Waals surface area contributed by atoms with E-state index in [0.29, 0.717) is 19.4 Å². The summed E-state index contributed by atoms with van der Waals surface area (Å²) >= 11 is 0. The molecule has 1 atom stereocenters. The second-order valence-electron chi connectivity index (χ2n) is 5.49. The number of amides is 1. The standard InChI is InChI=1S/C14H17F3N2O3S/c1-23(21,22)19-8-4-5-10(9-19)13(20)18-12-7-3-2-6-11(12)14(15,16)17/h2-3,6-7,10H,4-5,8-9H2,1H3,(H,18,20)/t10-/m1/s1. The quantitative estimate of drug-likeness (QED) is 0.910. The van der Waals surface area contributed by atoms with Crippen molar-refractivity contribution in [1.82, 2.24) is 4.31 Å². The summed E-state index contributed by atoms with van der Waals surface area (Å²) in [6.45, 7) is 0.306. The fourth-order valence-electron chi connectivity index (χ4n) is 2.53. The summed E-state index contributed by atoms with van der Waals surface area (Å²) in [5, 5.41) is 2.28. The smallest absolute Gasteiger partial charge is 0.325 e. The van der Waals surface area contributed by atoms with Crippen molar-refractivity contribution < 1.29 is 26.4 Å². The first-order valence-electron chi connectivity index (χ1n) is 7.01. The van der Waals surface area contributed by atoms with Gasteiger partial charge in [0.05, 0.1) is 23.4 Å². The summed E-state index contributed by atoms with van der Waals surface area (Å²) in [5.41, 5.74) is -1.24. The average Bonchev–Trinajstić information content (AvgIpc) is 2.46. The van der Waals surface area contributed by atoms with Gasteiger partial charge in [-0.1, -0.05) is 12.1 Å². The van der Waals surface area contributed by atoms with Crippen LogP contribution >= 0.6 is 0 Å². The third kappa shape index (κ3) is 4.44. The molecule has 1 N–H and O–H groups in total. The Hall–Kier alpha value is -1.61. The minimum atomic E-state index is -4.57. The third-order valence-electron chi connectivity index (χ3n) is 3.71. The molecule has 23 heavy (non-hydrogen) atoms. The Morgan fingerprint density at radius 3 is 2.57 bits per heavy atom. The molecule has 2 rings (SSSR count). The zero-order valence-corrected chi connectivity index (χ0v) is 13.2. The molecule has 1 aliphatic heterocycles. The van der Waals surface area contributed by atoms with Gasteiger partial charge >= 0.3 is 6.18 Å². The van der Waals surface area contributed by atoms with Gasteiger partial charge in [-0.2, -0.15) is 13.2 Å². The van der Waals surface area contributed by atoms with Gasteiger partial charge in [-0.15, -0.1) is 0 Å². The van der Waals surface area contributed by atoms with Crippen molar-refractivity contribution in [1.29, 1.82) is 0 Å². The van der Waals surface area contributed by atoms with Crippen molar-refractivity contribution in [3.05, 3.63) is 29.8 Å². The number of benzene rings is 1. The normalized spacial score (nSPS) is 20.3. The van der Waals surface area contributed by atoms with Crippen LogP contribution in [0.1, 0.15) is 18.4 Å². The number of hydrogen-bond donors (Lipinski definition) is 1. The number of carbonyl (C=O) groups excluding carboxylic acids is 1. The van der Waals surface area contributed by atoms with Crippen molar-refractivity contribution in [2.45, 2.75) is 19.0 Å². The molecule has 1 aromatic rings. The largest absolute Gasteiger partial charge is 0.418 e. The maximum atomic E-state index is 12.9. The minimum absolute atomic E-state index is 0.0150. The van der Waals surface area contributed by atoms with Crippen LogP contribution in [0.5, 0.6) is 0 Å². The highest BCUT2D eigenvalue weighted by Crippen LogP contribution is 2.35. The molecule has 0 bridgehead atoms.